The summed E-state index contributed by atoms with van der Waals surface area (Å²) in [5.74, 6) is 1.62. The molecule has 90 valence electrons. The van der Waals surface area contributed by atoms with Crippen molar-refractivity contribution < 1.29 is 9.90 Å². The summed E-state index contributed by atoms with van der Waals surface area (Å²) in [6.45, 7) is 2.15. The van der Waals surface area contributed by atoms with E-state index in [-0.39, 0.29) is 17.5 Å². The maximum absolute atomic E-state index is 12.0. The van der Waals surface area contributed by atoms with Crippen molar-refractivity contribution in [1.29, 1.82) is 0 Å². The van der Waals surface area contributed by atoms with Gasteiger partial charge in [0, 0.05) is 5.92 Å². The van der Waals surface area contributed by atoms with Crippen LogP contribution in [0.2, 0.25) is 0 Å². The number of para-hydroxylation sites is 1. The summed E-state index contributed by atoms with van der Waals surface area (Å²) in [6.07, 6.45) is 4.48. The van der Waals surface area contributed by atoms with Crippen LogP contribution in [-0.2, 0) is 0 Å². The first-order valence-electron chi connectivity index (χ1n) is 6.54. The average Bonchev–Trinajstić information content (AvgIpc) is 3.20. The molecule has 0 aromatic heterocycles. The smallest absolute Gasteiger partial charge is 0.169 e. The molecule has 2 aliphatic carbocycles. The Kier molecular flexibility index (Phi) is 2.46. The molecule has 0 radical (unpaired) electrons. The van der Waals surface area contributed by atoms with E-state index in [1.165, 1.54) is 12.8 Å². The molecule has 0 saturated heterocycles. The number of benzene rings is 1. The molecule has 17 heavy (non-hydrogen) atoms. The minimum atomic E-state index is 0.132. The second kappa shape index (κ2) is 3.86. The van der Waals surface area contributed by atoms with Gasteiger partial charge in [0.2, 0.25) is 0 Å². The van der Waals surface area contributed by atoms with Crippen molar-refractivity contribution in [3.63, 3.8) is 0 Å². The maximum Gasteiger partial charge on any atom is 0.169 e. The summed E-state index contributed by atoms with van der Waals surface area (Å²) in [5.41, 5.74) is 1.50. The molecule has 1 aromatic carbocycles. The first kappa shape index (κ1) is 10.8. The topological polar surface area (TPSA) is 37.3 Å². The van der Waals surface area contributed by atoms with Gasteiger partial charge in [-0.25, -0.2) is 0 Å². The van der Waals surface area contributed by atoms with Gasteiger partial charge in [0.15, 0.2) is 5.78 Å². The summed E-state index contributed by atoms with van der Waals surface area (Å²) in [6, 6.07) is 5.63. The molecule has 1 aromatic rings. The summed E-state index contributed by atoms with van der Waals surface area (Å²) >= 11 is 0. The Labute approximate surface area is 102 Å². The van der Waals surface area contributed by atoms with Gasteiger partial charge in [0.1, 0.15) is 5.75 Å². The van der Waals surface area contributed by atoms with Crippen LogP contribution in [0.15, 0.2) is 18.2 Å². The van der Waals surface area contributed by atoms with Crippen molar-refractivity contribution in [2.75, 3.05) is 0 Å². The average molecular weight is 230 g/mol. The molecule has 1 N–H and O–H groups in total. The number of carbonyl (C=O) groups excluding carboxylic acids is 1. The monoisotopic (exact) mass is 230 g/mol. The van der Waals surface area contributed by atoms with E-state index in [9.17, 15) is 9.90 Å². The predicted molar refractivity (Wildman–Crippen MR) is 66.3 cm³/mol. The van der Waals surface area contributed by atoms with Gasteiger partial charge in [-0.3, -0.25) is 4.79 Å². The van der Waals surface area contributed by atoms with E-state index in [4.69, 9.17) is 0 Å². The van der Waals surface area contributed by atoms with Crippen molar-refractivity contribution in [3.05, 3.63) is 29.3 Å². The second-order valence-corrected chi connectivity index (χ2v) is 5.51. The van der Waals surface area contributed by atoms with E-state index in [1.54, 1.807) is 6.07 Å². The lowest BCUT2D eigenvalue weighted by Gasteiger charge is -2.14. The van der Waals surface area contributed by atoms with E-state index in [0.717, 1.165) is 18.4 Å². The quantitative estimate of drug-likeness (QED) is 0.804. The summed E-state index contributed by atoms with van der Waals surface area (Å²) < 4.78 is 0. The number of hydrogen-bond acceptors (Lipinski definition) is 2. The fraction of sp³-hybridized carbons (Fsp3) is 0.533. The first-order valence-corrected chi connectivity index (χ1v) is 6.54. The molecule has 2 saturated carbocycles. The lowest BCUT2D eigenvalue weighted by Crippen LogP contribution is -2.05. The molecule has 1 unspecified atom stereocenters. The Balaban J connectivity index is 1.93. The molecule has 2 nitrogen and oxygen atoms in total. The molecule has 0 bridgehead atoms. The third-order valence-electron chi connectivity index (χ3n) is 4.10. The minimum absolute atomic E-state index is 0.132. The lowest BCUT2D eigenvalue weighted by atomic mass is 9.92. The molecule has 0 amide bonds. The SMILES string of the molecule is CC(c1cccc(C(=O)C2CC2)c1O)C1CC1. The molecule has 1 atom stereocenters. The number of carbonyl (C=O) groups is 1. The van der Waals surface area contributed by atoms with Crippen LogP contribution in [0.3, 0.4) is 0 Å². The van der Waals surface area contributed by atoms with Gasteiger partial charge in [0.25, 0.3) is 0 Å². The number of aromatic hydroxyl groups is 1. The lowest BCUT2D eigenvalue weighted by molar-refractivity contribution is 0.0965. The van der Waals surface area contributed by atoms with Crippen molar-refractivity contribution in [3.8, 4) is 5.75 Å². The largest absolute Gasteiger partial charge is 0.507 e. The fourth-order valence-corrected chi connectivity index (χ4v) is 2.54. The van der Waals surface area contributed by atoms with Crippen LogP contribution in [0.25, 0.3) is 0 Å². The van der Waals surface area contributed by atoms with Gasteiger partial charge in [-0.05, 0) is 49.1 Å². The minimum Gasteiger partial charge on any atom is -0.507 e. The Morgan fingerprint density at radius 1 is 1.29 bits per heavy atom. The second-order valence-electron chi connectivity index (χ2n) is 5.51. The van der Waals surface area contributed by atoms with Crippen molar-refractivity contribution >= 4 is 5.78 Å². The predicted octanol–water partition coefficient (Wildman–Crippen LogP) is 3.50. The Hall–Kier alpha value is -1.31. The molecule has 2 fully saturated rings. The third kappa shape index (κ3) is 1.97. The number of ketones is 1. The van der Waals surface area contributed by atoms with Crippen molar-refractivity contribution in [2.24, 2.45) is 11.8 Å². The molecule has 2 heteroatoms. The Morgan fingerprint density at radius 2 is 2.00 bits per heavy atom. The number of hydrogen-bond donors (Lipinski definition) is 1. The van der Waals surface area contributed by atoms with Gasteiger partial charge < -0.3 is 5.11 Å². The molecule has 2 aliphatic rings. The van der Waals surface area contributed by atoms with Crippen LogP contribution < -0.4 is 0 Å². The highest BCUT2D eigenvalue weighted by Gasteiger charge is 2.34. The van der Waals surface area contributed by atoms with E-state index in [1.807, 2.05) is 12.1 Å². The highest BCUT2D eigenvalue weighted by Crippen LogP contribution is 2.46. The molecule has 0 heterocycles. The zero-order valence-corrected chi connectivity index (χ0v) is 10.1. The number of phenolic OH excluding ortho intramolecular Hbond substituents is 1. The molecule has 0 aliphatic heterocycles. The normalized spacial score (nSPS) is 21.2. The number of rotatable bonds is 4. The van der Waals surface area contributed by atoms with Crippen LogP contribution in [0, 0.1) is 11.8 Å². The van der Waals surface area contributed by atoms with Crippen molar-refractivity contribution in [1.82, 2.24) is 0 Å². The van der Waals surface area contributed by atoms with Gasteiger partial charge in [-0.2, -0.15) is 0 Å². The third-order valence-corrected chi connectivity index (χ3v) is 4.10. The Bertz CT molecular complexity index is 456. The van der Waals surface area contributed by atoms with Gasteiger partial charge in [-0.1, -0.05) is 19.1 Å². The van der Waals surface area contributed by atoms with Gasteiger partial charge >= 0.3 is 0 Å². The van der Waals surface area contributed by atoms with Crippen LogP contribution in [0.1, 0.15) is 54.4 Å². The van der Waals surface area contributed by atoms with E-state index in [2.05, 4.69) is 6.92 Å². The highest BCUT2D eigenvalue weighted by atomic mass is 16.3. The zero-order valence-electron chi connectivity index (χ0n) is 10.1. The fourth-order valence-electron chi connectivity index (χ4n) is 2.54. The molecule has 0 spiro atoms. The van der Waals surface area contributed by atoms with Crippen LogP contribution >= 0.6 is 0 Å². The van der Waals surface area contributed by atoms with Gasteiger partial charge in [0.05, 0.1) is 5.56 Å². The van der Waals surface area contributed by atoms with Crippen molar-refractivity contribution in [2.45, 2.75) is 38.5 Å². The van der Waals surface area contributed by atoms with Gasteiger partial charge in [-0.15, -0.1) is 0 Å². The summed E-state index contributed by atoms with van der Waals surface area (Å²) in [5, 5.41) is 10.3. The zero-order chi connectivity index (χ0) is 12.0. The summed E-state index contributed by atoms with van der Waals surface area (Å²) in [7, 11) is 0. The van der Waals surface area contributed by atoms with E-state index >= 15 is 0 Å². The highest BCUT2D eigenvalue weighted by molar-refractivity contribution is 6.01. The molecule has 3 rings (SSSR count). The molecular formula is C15H18O2. The van der Waals surface area contributed by atoms with Crippen LogP contribution in [-0.4, -0.2) is 10.9 Å². The van der Waals surface area contributed by atoms with E-state index in [0.29, 0.717) is 17.4 Å². The first-order chi connectivity index (χ1) is 8.18. The summed E-state index contributed by atoms with van der Waals surface area (Å²) in [4.78, 5) is 12.0. The number of Topliss-reactive ketones (excluding diaryl/α,β-unsaturated/α-hetero) is 1. The standard InChI is InChI=1S/C15H18O2/c1-9(10-5-6-10)12-3-2-4-13(15(12)17)14(16)11-7-8-11/h2-4,9-11,17H,5-8H2,1H3. The maximum atomic E-state index is 12.0. The Morgan fingerprint density at radius 3 is 2.59 bits per heavy atom. The van der Waals surface area contributed by atoms with E-state index < -0.39 is 0 Å². The number of phenols is 1. The van der Waals surface area contributed by atoms with Crippen LogP contribution in [0.4, 0.5) is 0 Å². The molecular weight excluding hydrogens is 212 g/mol. The van der Waals surface area contributed by atoms with Crippen LogP contribution in [0.5, 0.6) is 5.75 Å².